The molecule has 0 bridgehead atoms. The maximum atomic E-state index is 13.0. The van der Waals surface area contributed by atoms with Gasteiger partial charge in [-0.25, -0.2) is 4.98 Å². The Morgan fingerprint density at radius 1 is 1.22 bits per heavy atom. The molecule has 0 unspecified atom stereocenters. The van der Waals surface area contributed by atoms with Crippen molar-refractivity contribution >= 4 is 35.4 Å². The number of piperidine rings is 1. The number of carbonyl (C=O) groups excluding carboxylic acids is 2. The van der Waals surface area contributed by atoms with Gasteiger partial charge in [0.15, 0.2) is 0 Å². The Hall–Kier alpha value is -2.40. The lowest BCUT2D eigenvalue weighted by atomic mass is 9.96. The standard InChI is InChI=1S/C21H28N6O3S2/c1-11-17(29)27(19(31)24-23-11)25-15(28)13-10-32-16(22-13)12-6-8-26(9-7-12)18(30)14-20(2,3)21(14,4)5/h10,12,14H,6-9H2,1-5H3,(H,24,31)(H,25,28). The molecular weight excluding hydrogens is 448 g/mol. The Bertz CT molecular complexity index is 1170. The van der Waals surface area contributed by atoms with Crippen LogP contribution in [0.5, 0.6) is 0 Å². The van der Waals surface area contributed by atoms with E-state index >= 15 is 0 Å². The van der Waals surface area contributed by atoms with Crippen LogP contribution in [0.15, 0.2) is 10.2 Å². The Labute approximate surface area is 195 Å². The Morgan fingerprint density at radius 2 is 1.84 bits per heavy atom. The summed E-state index contributed by atoms with van der Waals surface area (Å²) in [6.45, 7) is 11.6. The van der Waals surface area contributed by atoms with Crippen LogP contribution in [0.4, 0.5) is 0 Å². The average molecular weight is 477 g/mol. The lowest BCUT2D eigenvalue weighted by Gasteiger charge is -2.31. The lowest BCUT2D eigenvalue weighted by Crippen LogP contribution is -2.40. The number of likely N-dealkylation sites (tertiary alicyclic amines) is 1. The summed E-state index contributed by atoms with van der Waals surface area (Å²) in [5, 5.41) is 8.86. The highest BCUT2D eigenvalue weighted by atomic mass is 32.1. The van der Waals surface area contributed by atoms with Gasteiger partial charge in [-0.3, -0.25) is 24.9 Å². The van der Waals surface area contributed by atoms with Crippen LogP contribution in [0.2, 0.25) is 0 Å². The quantitative estimate of drug-likeness (QED) is 0.656. The summed E-state index contributed by atoms with van der Waals surface area (Å²) in [6, 6.07) is 0. The molecule has 4 rings (SSSR count). The molecule has 0 spiro atoms. The normalized spacial score (nSPS) is 20.2. The second kappa shape index (κ2) is 7.87. The first-order valence-corrected chi connectivity index (χ1v) is 12.0. The van der Waals surface area contributed by atoms with Gasteiger partial charge in [0.25, 0.3) is 11.5 Å². The fourth-order valence-electron chi connectivity index (χ4n) is 4.67. The van der Waals surface area contributed by atoms with Crippen molar-refractivity contribution in [1.29, 1.82) is 0 Å². The van der Waals surface area contributed by atoms with Crippen molar-refractivity contribution in [2.75, 3.05) is 18.5 Å². The fraction of sp³-hybridized carbons (Fsp3) is 0.619. The Balaban J connectivity index is 1.39. The molecule has 1 saturated heterocycles. The number of aromatic amines is 1. The summed E-state index contributed by atoms with van der Waals surface area (Å²) in [4.78, 5) is 44.3. The molecule has 1 aliphatic heterocycles. The zero-order chi connectivity index (χ0) is 23.4. The number of amides is 2. The topological polar surface area (TPSA) is 113 Å². The molecule has 0 radical (unpaired) electrons. The van der Waals surface area contributed by atoms with Crippen LogP contribution in [-0.4, -0.2) is 49.7 Å². The van der Waals surface area contributed by atoms with E-state index in [1.165, 1.54) is 18.3 Å². The summed E-state index contributed by atoms with van der Waals surface area (Å²) in [5.74, 6) is 0.0331. The van der Waals surface area contributed by atoms with Crippen molar-refractivity contribution in [1.82, 2.24) is 24.8 Å². The number of aromatic nitrogens is 4. The smallest absolute Gasteiger partial charge is 0.295 e. The molecule has 3 heterocycles. The van der Waals surface area contributed by atoms with Gasteiger partial charge >= 0.3 is 0 Å². The number of hydrogen-bond acceptors (Lipinski definition) is 7. The predicted molar refractivity (Wildman–Crippen MR) is 124 cm³/mol. The Kier molecular flexibility index (Phi) is 5.61. The van der Waals surface area contributed by atoms with Crippen LogP contribution >= 0.6 is 23.6 Å². The van der Waals surface area contributed by atoms with Crippen molar-refractivity contribution in [3.8, 4) is 0 Å². The van der Waals surface area contributed by atoms with Crippen molar-refractivity contribution in [2.24, 2.45) is 16.7 Å². The van der Waals surface area contributed by atoms with Crippen LogP contribution in [0.25, 0.3) is 0 Å². The number of aryl methyl sites for hydroxylation is 1. The van der Waals surface area contributed by atoms with Crippen LogP contribution in [0.1, 0.15) is 67.6 Å². The third-order valence-corrected chi connectivity index (χ3v) is 8.71. The van der Waals surface area contributed by atoms with E-state index in [-0.39, 0.29) is 44.7 Å². The van der Waals surface area contributed by atoms with Gasteiger partial charge in [-0.05, 0) is 42.8 Å². The molecule has 2 aromatic heterocycles. The molecule has 32 heavy (non-hydrogen) atoms. The second-order valence-corrected chi connectivity index (χ2v) is 11.0. The van der Waals surface area contributed by atoms with Gasteiger partial charge in [-0.15, -0.1) is 11.3 Å². The molecule has 0 aromatic carbocycles. The maximum Gasteiger partial charge on any atom is 0.295 e. The maximum absolute atomic E-state index is 13.0. The molecule has 2 aromatic rings. The van der Waals surface area contributed by atoms with Crippen LogP contribution in [-0.2, 0) is 4.79 Å². The van der Waals surface area contributed by atoms with Gasteiger partial charge in [0.1, 0.15) is 11.4 Å². The number of hydrogen-bond donors (Lipinski definition) is 2. The number of thiazole rings is 1. The summed E-state index contributed by atoms with van der Waals surface area (Å²) in [6.07, 6.45) is 1.64. The van der Waals surface area contributed by atoms with Crippen LogP contribution in [0.3, 0.4) is 0 Å². The van der Waals surface area contributed by atoms with E-state index in [1.54, 1.807) is 5.38 Å². The third kappa shape index (κ3) is 3.71. The van der Waals surface area contributed by atoms with Gasteiger partial charge in [-0.1, -0.05) is 27.7 Å². The number of nitrogens with one attached hydrogen (secondary N) is 2. The highest BCUT2D eigenvalue weighted by Gasteiger charge is 2.68. The van der Waals surface area contributed by atoms with Gasteiger partial charge in [0, 0.05) is 30.3 Å². The molecule has 2 aliphatic rings. The van der Waals surface area contributed by atoms with E-state index in [4.69, 9.17) is 12.2 Å². The second-order valence-electron chi connectivity index (χ2n) is 9.74. The highest BCUT2D eigenvalue weighted by Crippen LogP contribution is 2.68. The summed E-state index contributed by atoms with van der Waals surface area (Å²) in [7, 11) is 0. The van der Waals surface area contributed by atoms with Crippen molar-refractivity contribution in [3.63, 3.8) is 0 Å². The molecule has 11 heteroatoms. The summed E-state index contributed by atoms with van der Waals surface area (Å²) in [5.41, 5.74) is 2.51. The zero-order valence-corrected chi connectivity index (χ0v) is 20.5. The first-order chi connectivity index (χ1) is 14.9. The van der Waals surface area contributed by atoms with Crippen molar-refractivity contribution in [2.45, 2.75) is 53.4 Å². The first kappa shape index (κ1) is 22.8. The van der Waals surface area contributed by atoms with E-state index in [1.807, 2.05) is 4.90 Å². The number of H-pyrrole nitrogens is 1. The number of rotatable bonds is 4. The minimum Gasteiger partial charge on any atom is -0.342 e. The Morgan fingerprint density at radius 3 is 2.44 bits per heavy atom. The highest BCUT2D eigenvalue weighted by molar-refractivity contribution is 7.71. The zero-order valence-electron chi connectivity index (χ0n) is 18.9. The minimum absolute atomic E-state index is 0.00320. The number of carbonyl (C=O) groups is 2. The van der Waals surface area contributed by atoms with Crippen molar-refractivity contribution < 1.29 is 9.59 Å². The predicted octanol–water partition coefficient (Wildman–Crippen LogP) is 2.84. The molecule has 1 saturated carbocycles. The van der Waals surface area contributed by atoms with E-state index in [2.05, 4.69) is 48.3 Å². The van der Waals surface area contributed by atoms with Gasteiger partial charge in [0.05, 0.1) is 5.01 Å². The molecule has 1 aliphatic carbocycles. The van der Waals surface area contributed by atoms with Gasteiger partial charge in [0.2, 0.25) is 10.7 Å². The van der Waals surface area contributed by atoms with E-state index < -0.39 is 11.5 Å². The fourth-order valence-corrected chi connectivity index (χ4v) is 5.81. The molecule has 172 valence electrons. The molecule has 0 atom stereocenters. The van der Waals surface area contributed by atoms with E-state index in [0.29, 0.717) is 13.1 Å². The van der Waals surface area contributed by atoms with Crippen molar-refractivity contribution in [3.05, 3.63) is 36.9 Å². The van der Waals surface area contributed by atoms with Crippen LogP contribution in [0, 0.1) is 28.4 Å². The lowest BCUT2D eigenvalue weighted by molar-refractivity contribution is -0.134. The van der Waals surface area contributed by atoms with Gasteiger partial charge < -0.3 is 4.90 Å². The number of nitrogens with zero attached hydrogens (tertiary/aromatic N) is 4. The van der Waals surface area contributed by atoms with Crippen LogP contribution < -0.4 is 11.0 Å². The monoisotopic (exact) mass is 476 g/mol. The van der Waals surface area contributed by atoms with E-state index in [9.17, 15) is 14.4 Å². The first-order valence-electron chi connectivity index (χ1n) is 10.7. The molecular formula is C21H28N6O3S2. The molecule has 2 N–H and O–H groups in total. The third-order valence-electron chi connectivity index (χ3n) is 7.43. The molecule has 2 fully saturated rings. The molecule has 2 amide bonds. The summed E-state index contributed by atoms with van der Waals surface area (Å²) < 4.78 is 0.965. The largest absolute Gasteiger partial charge is 0.342 e. The SMILES string of the molecule is Cc1n[nH]c(=S)n(NC(=O)c2csc(C3CCN(C(=O)C4C(C)(C)C4(C)C)CC3)n2)c1=O. The average Bonchev–Trinajstić information content (AvgIpc) is 3.08. The van der Waals surface area contributed by atoms with E-state index in [0.717, 1.165) is 22.5 Å². The van der Waals surface area contributed by atoms with Gasteiger partial charge in [-0.2, -0.15) is 9.77 Å². The minimum atomic E-state index is -0.509. The summed E-state index contributed by atoms with van der Waals surface area (Å²) >= 11 is 6.46. The molecule has 9 nitrogen and oxygen atoms in total.